The summed E-state index contributed by atoms with van der Waals surface area (Å²) >= 11 is 0. The normalized spacial score (nSPS) is 11.6. The third-order valence-corrected chi connectivity index (χ3v) is 5.58. The number of nitrogens with zero attached hydrogens (tertiary/aromatic N) is 1. The summed E-state index contributed by atoms with van der Waals surface area (Å²) in [6.07, 6.45) is 2.24. The van der Waals surface area contributed by atoms with E-state index in [-0.39, 0.29) is 10.8 Å². The summed E-state index contributed by atoms with van der Waals surface area (Å²) in [6.45, 7) is 3.36. The van der Waals surface area contributed by atoms with Gasteiger partial charge in [-0.1, -0.05) is 31.2 Å². The van der Waals surface area contributed by atoms with Crippen molar-refractivity contribution in [2.75, 3.05) is 5.32 Å². The average molecular weight is 342 g/mol. The van der Waals surface area contributed by atoms with E-state index in [2.05, 4.69) is 5.32 Å². The minimum absolute atomic E-state index is 0.143. The smallest absolute Gasteiger partial charge is 0.268 e. The summed E-state index contributed by atoms with van der Waals surface area (Å²) in [6, 6.07) is 13.9. The first-order chi connectivity index (χ1) is 11.4. The highest BCUT2D eigenvalue weighted by Gasteiger charge is 2.20. The Morgan fingerprint density at radius 1 is 1.12 bits per heavy atom. The largest absolute Gasteiger partial charge is 0.326 e. The second-order valence-corrected chi connectivity index (χ2v) is 7.34. The molecule has 0 spiro atoms. The van der Waals surface area contributed by atoms with Crippen LogP contribution in [0.15, 0.2) is 59.6 Å². The topological polar surface area (TPSA) is 68.2 Å². The number of benzene rings is 2. The molecule has 1 N–H and O–H groups in total. The minimum Gasteiger partial charge on any atom is -0.326 e. The molecule has 0 bridgehead atoms. The zero-order chi connectivity index (χ0) is 17.3. The number of aryl methyl sites for hydroxylation is 1. The molecule has 0 fully saturated rings. The highest BCUT2D eigenvalue weighted by atomic mass is 32.2. The molecular formula is C18H18N2O3S. The highest BCUT2D eigenvalue weighted by Crippen LogP contribution is 2.26. The monoisotopic (exact) mass is 342 g/mol. The molecule has 5 nitrogen and oxygen atoms in total. The van der Waals surface area contributed by atoms with E-state index in [4.69, 9.17) is 0 Å². The molecule has 0 atom stereocenters. The van der Waals surface area contributed by atoms with Crippen molar-refractivity contribution in [3.8, 4) is 0 Å². The van der Waals surface area contributed by atoms with Crippen LogP contribution in [0.25, 0.3) is 10.9 Å². The maximum absolute atomic E-state index is 13.0. The highest BCUT2D eigenvalue weighted by molar-refractivity contribution is 7.90. The summed E-state index contributed by atoms with van der Waals surface area (Å²) in [5, 5.41) is 3.56. The van der Waals surface area contributed by atoms with Crippen molar-refractivity contribution in [3.63, 3.8) is 0 Å². The molecule has 0 radical (unpaired) electrons. The van der Waals surface area contributed by atoms with Gasteiger partial charge in [-0.05, 0) is 36.2 Å². The van der Waals surface area contributed by atoms with Gasteiger partial charge >= 0.3 is 0 Å². The average Bonchev–Trinajstić information content (AvgIpc) is 2.99. The number of hydrogen-bond acceptors (Lipinski definition) is 3. The Bertz CT molecular complexity index is 1020. The maximum atomic E-state index is 13.0. The van der Waals surface area contributed by atoms with Crippen LogP contribution in [-0.4, -0.2) is 18.3 Å². The van der Waals surface area contributed by atoms with Crippen LogP contribution >= 0.6 is 0 Å². The molecule has 6 heteroatoms. The molecule has 3 aromatic rings. The van der Waals surface area contributed by atoms with E-state index < -0.39 is 10.0 Å². The third kappa shape index (κ3) is 2.80. The fourth-order valence-electron chi connectivity index (χ4n) is 2.71. The summed E-state index contributed by atoms with van der Waals surface area (Å²) in [7, 11) is -3.74. The minimum atomic E-state index is -3.74. The Hall–Kier alpha value is -2.60. The van der Waals surface area contributed by atoms with Crippen LogP contribution < -0.4 is 5.32 Å². The maximum Gasteiger partial charge on any atom is 0.268 e. The Morgan fingerprint density at radius 3 is 2.58 bits per heavy atom. The molecule has 124 valence electrons. The zero-order valence-corrected chi connectivity index (χ0v) is 14.3. The summed E-state index contributed by atoms with van der Waals surface area (Å²) in [5.41, 5.74) is 2.04. The first-order valence-electron chi connectivity index (χ1n) is 7.65. The molecular weight excluding hydrogens is 324 g/mol. The molecule has 1 aromatic heterocycles. The predicted octanol–water partition coefficient (Wildman–Crippen LogP) is 3.40. The molecule has 0 saturated carbocycles. The number of amides is 1. The Labute approximate surface area is 141 Å². The van der Waals surface area contributed by atoms with E-state index in [1.165, 1.54) is 17.0 Å². The second kappa shape index (κ2) is 6.13. The summed E-state index contributed by atoms with van der Waals surface area (Å²) in [4.78, 5) is 11.5. The van der Waals surface area contributed by atoms with Crippen molar-refractivity contribution in [3.05, 3.63) is 60.3 Å². The molecule has 1 heterocycles. The lowest BCUT2D eigenvalue weighted by molar-refractivity contribution is -0.114. The van der Waals surface area contributed by atoms with Gasteiger partial charge in [-0.3, -0.25) is 4.79 Å². The van der Waals surface area contributed by atoms with Gasteiger partial charge < -0.3 is 5.32 Å². The number of nitrogens with one attached hydrogen (secondary N) is 1. The van der Waals surface area contributed by atoms with Crippen molar-refractivity contribution in [1.29, 1.82) is 0 Å². The van der Waals surface area contributed by atoms with Crippen molar-refractivity contribution in [1.82, 2.24) is 3.97 Å². The molecule has 2 aromatic carbocycles. The van der Waals surface area contributed by atoms with Crippen molar-refractivity contribution >= 4 is 32.5 Å². The Kier molecular flexibility index (Phi) is 4.15. The lowest BCUT2D eigenvalue weighted by atomic mass is 10.1. The number of fused-ring (bicyclic) bond motifs is 1. The van der Waals surface area contributed by atoms with Gasteiger partial charge in [-0.2, -0.15) is 0 Å². The van der Waals surface area contributed by atoms with Crippen molar-refractivity contribution in [2.45, 2.75) is 25.2 Å². The predicted molar refractivity (Wildman–Crippen MR) is 94.6 cm³/mol. The second-order valence-electron chi connectivity index (χ2n) is 5.53. The zero-order valence-electron chi connectivity index (χ0n) is 13.5. The van der Waals surface area contributed by atoms with Crippen LogP contribution in [0.3, 0.4) is 0 Å². The number of para-hydroxylation sites is 1. The molecule has 0 aliphatic carbocycles. The SMILES string of the molecule is CCc1ccc(S(=O)(=O)n2ccc3ccccc32)cc1NC(C)=O. The number of hydrogen-bond donors (Lipinski definition) is 1. The van der Waals surface area contributed by atoms with Gasteiger partial charge in [0.2, 0.25) is 5.91 Å². The third-order valence-electron chi connectivity index (χ3n) is 3.89. The van der Waals surface area contributed by atoms with Gasteiger partial charge in [0, 0.05) is 24.2 Å². The van der Waals surface area contributed by atoms with Crippen LogP contribution in [0, 0.1) is 0 Å². The van der Waals surface area contributed by atoms with Crippen LogP contribution in [0.1, 0.15) is 19.4 Å². The van der Waals surface area contributed by atoms with E-state index in [0.29, 0.717) is 17.6 Å². The first kappa shape index (κ1) is 16.3. The summed E-state index contributed by atoms with van der Waals surface area (Å²) < 4.78 is 27.3. The van der Waals surface area contributed by atoms with E-state index in [9.17, 15) is 13.2 Å². The van der Waals surface area contributed by atoms with E-state index in [1.54, 1.807) is 36.5 Å². The Balaban J connectivity index is 2.15. The molecule has 0 aliphatic rings. The fourth-order valence-corrected chi connectivity index (χ4v) is 4.09. The van der Waals surface area contributed by atoms with E-state index in [0.717, 1.165) is 10.9 Å². The first-order valence-corrected chi connectivity index (χ1v) is 9.09. The number of rotatable bonds is 4. The molecule has 1 amide bonds. The molecule has 0 aliphatic heterocycles. The van der Waals surface area contributed by atoms with E-state index >= 15 is 0 Å². The van der Waals surface area contributed by atoms with Crippen molar-refractivity contribution in [2.24, 2.45) is 0 Å². The molecule has 3 rings (SSSR count). The van der Waals surface area contributed by atoms with Crippen LogP contribution in [0.4, 0.5) is 5.69 Å². The molecule has 0 unspecified atom stereocenters. The molecule has 0 saturated heterocycles. The van der Waals surface area contributed by atoms with Gasteiger partial charge in [0.25, 0.3) is 10.0 Å². The number of carbonyl (C=O) groups excluding carboxylic acids is 1. The standard InChI is InChI=1S/C18H18N2O3S/c1-3-14-8-9-16(12-17(14)19-13(2)21)24(22,23)20-11-10-15-6-4-5-7-18(15)20/h4-12H,3H2,1-2H3,(H,19,21). The Morgan fingerprint density at radius 2 is 1.88 bits per heavy atom. The number of aromatic nitrogens is 1. The van der Waals surface area contributed by atoms with Gasteiger partial charge in [0.15, 0.2) is 0 Å². The van der Waals surface area contributed by atoms with Crippen LogP contribution in [0.5, 0.6) is 0 Å². The quantitative estimate of drug-likeness (QED) is 0.790. The van der Waals surface area contributed by atoms with Crippen LogP contribution in [0.2, 0.25) is 0 Å². The molecule has 24 heavy (non-hydrogen) atoms. The number of anilines is 1. The van der Waals surface area contributed by atoms with E-state index in [1.807, 2.05) is 19.1 Å². The van der Waals surface area contributed by atoms with Gasteiger partial charge in [0.1, 0.15) is 0 Å². The lowest BCUT2D eigenvalue weighted by Crippen LogP contribution is -2.14. The van der Waals surface area contributed by atoms with Crippen molar-refractivity contribution < 1.29 is 13.2 Å². The van der Waals surface area contributed by atoms with Gasteiger partial charge in [-0.15, -0.1) is 0 Å². The lowest BCUT2D eigenvalue weighted by Gasteiger charge is -2.12. The number of carbonyl (C=O) groups is 1. The fraction of sp³-hybridized carbons (Fsp3) is 0.167. The van der Waals surface area contributed by atoms with Crippen LogP contribution in [-0.2, 0) is 21.2 Å². The van der Waals surface area contributed by atoms with Gasteiger partial charge in [-0.25, -0.2) is 12.4 Å². The van der Waals surface area contributed by atoms with Gasteiger partial charge in [0.05, 0.1) is 10.4 Å². The summed E-state index contributed by atoms with van der Waals surface area (Å²) in [5.74, 6) is -0.231.